The van der Waals surface area contributed by atoms with Gasteiger partial charge in [0, 0.05) is 35.8 Å². The van der Waals surface area contributed by atoms with Crippen molar-refractivity contribution in [1.29, 1.82) is 0 Å². The number of nitrogens with one attached hydrogen (secondary N) is 1. The van der Waals surface area contributed by atoms with Crippen molar-refractivity contribution in [3.8, 4) is 11.6 Å². The van der Waals surface area contributed by atoms with Crippen LogP contribution in [0.15, 0.2) is 28.8 Å². The van der Waals surface area contributed by atoms with Crippen molar-refractivity contribution in [3.05, 3.63) is 30.1 Å². The quantitative estimate of drug-likeness (QED) is 0.644. The number of benzene rings is 1. The molecule has 0 unspecified atom stereocenters. The SMILES string of the molecule is CN(CCNc1nnc(-c2nc(C3CC3)no2)c2ccccc12)C1CCCCC1. The molecule has 0 radical (unpaired) electrons. The van der Waals surface area contributed by atoms with Gasteiger partial charge in [-0.05, 0) is 32.7 Å². The van der Waals surface area contributed by atoms with E-state index < -0.39 is 0 Å². The second-order valence-electron chi connectivity index (χ2n) is 8.37. The molecule has 7 heteroatoms. The Balaban J connectivity index is 1.32. The van der Waals surface area contributed by atoms with Crippen LogP contribution in [-0.2, 0) is 0 Å². The number of likely N-dealkylation sites (N-methyl/N-ethyl adjacent to an activating group) is 1. The summed E-state index contributed by atoms with van der Waals surface area (Å²) in [6.45, 7) is 1.84. The lowest BCUT2D eigenvalue weighted by Gasteiger charge is -2.31. The molecule has 0 spiro atoms. The Bertz CT molecular complexity index is 976. The predicted molar refractivity (Wildman–Crippen MR) is 113 cm³/mol. The number of anilines is 1. The van der Waals surface area contributed by atoms with E-state index >= 15 is 0 Å². The van der Waals surface area contributed by atoms with Crippen LogP contribution in [0.3, 0.4) is 0 Å². The lowest BCUT2D eigenvalue weighted by Crippen LogP contribution is -2.36. The average molecular weight is 393 g/mol. The summed E-state index contributed by atoms with van der Waals surface area (Å²) in [6.07, 6.45) is 9.03. The topological polar surface area (TPSA) is 80.0 Å². The second-order valence-corrected chi connectivity index (χ2v) is 8.37. The fourth-order valence-corrected chi connectivity index (χ4v) is 4.29. The maximum absolute atomic E-state index is 5.49. The van der Waals surface area contributed by atoms with Crippen LogP contribution in [0.1, 0.15) is 56.7 Å². The Morgan fingerprint density at radius 2 is 1.83 bits per heavy atom. The van der Waals surface area contributed by atoms with Crippen LogP contribution in [0.2, 0.25) is 0 Å². The summed E-state index contributed by atoms with van der Waals surface area (Å²) in [4.78, 5) is 7.03. The Morgan fingerprint density at radius 3 is 2.62 bits per heavy atom. The van der Waals surface area contributed by atoms with E-state index in [0.717, 1.165) is 48.3 Å². The maximum atomic E-state index is 5.49. The molecule has 0 saturated heterocycles. The highest BCUT2D eigenvalue weighted by molar-refractivity contribution is 5.98. The van der Waals surface area contributed by atoms with Gasteiger partial charge in [-0.3, -0.25) is 0 Å². The summed E-state index contributed by atoms with van der Waals surface area (Å²) < 4.78 is 5.49. The molecule has 2 saturated carbocycles. The minimum Gasteiger partial charge on any atom is -0.367 e. The molecule has 0 atom stereocenters. The van der Waals surface area contributed by atoms with Gasteiger partial charge in [-0.2, -0.15) is 4.98 Å². The lowest BCUT2D eigenvalue weighted by molar-refractivity contribution is 0.198. The van der Waals surface area contributed by atoms with E-state index in [1.807, 2.05) is 18.2 Å². The smallest absolute Gasteiger partial charge is 0.279 e. The normalized spacial score (nSPS) is 17.9. The number of aromatic nitrogens is 4. The summed E-state index contributed by atoms with van der Waals surface area (Å²) in [6, 6.07) is 8.86. The first-order chi connectivity index (χ1) is 14.3. The van der Waals surface area contributed by atoms with E-state index in [1.54, 1.807) is 0 Å². The molecule has 2 aliphatic rings. The Labute approximate surface area is 170 Å². The van der Waals surface area contributed by atoms with Crippen molar-refractivity contribution in [1.82, 2.24) is 25.2 Å². The monoisotopic (exact) mass is 392 g/mol. The van der Waals surface area contributed by atoms with E-state index in [4.69, 9.17) is 4.52 Å². The fourth-order valence-electron chi connectivity index (χ4n) is 4.29. The standard InChI is InChI=1S/C22H28N6O/c1-28(16-7-3-2-4-8-16)14-13-23-21-18-10-6-5-9-17(18)19(25-26-21)22-24-20(27-29-22)15-11-12-15/h5-6,9-10,15-16H,2-4,7-8,11-14H2,1H3,(H,23,26). The largest absolute Gasteiger partial charge is 0.367 e. The molecule has 2 aromatic heterocycles. The molecule has 0 bridgehead atoms. The van der Waals surface area contributed by atoms with Gasteiger partial charge in [-0.15, -0.1) is 10.2 Å². The average Bonchev–Trinajstić information content (AvgIpc) is 3.51. The van der Waals surface area contributed by atoms with Crippen molar-refractivity contribution in [2.24, 2.45) is 0 Å². The lowest BCUT2D eigenvalue weighted by atomic mass is 9.94. The molecule has 1 N–H and O–H groups in total. The van der Waals surface area contributed by atoms with E-state index in [-0.39, 0.29) is 0 Å². The zero-order chi connectivity index (χ0) is 19.6. The Hall–Kier alpha value is -2.54. The van der Waals surface area contributed by atoms with Crippen LogP contribution in [0, 0.1) is 0 Å². The van der Waals surface area contributed by atoms with Crippen molar-refractivity contribution < 1.29 is 4.52 Å². The summed E-state index contributed by atoms with van der Waals surface area (Å²) in [5.74, 6) is 2.51. The third-order valence-electron chi connectivity index (χ3n) is 6.23. The summed E-state index contributed by atoms with van der Waals surface area (Å²) in [5, 5.41) is 18.5. The second kappa shape index (κ2) is 8.06. The fraction of sp³-hybridized carbons (Fsp3) is 0.545. The molecule has 29 heavy (non-hydrogen) atoms. The van der Waals surface area contributed by atoms with E-state index in [0.29, 0.717) is 23.5 Å². The maximum Gasteiger partial charge on any atom is 0.279 e. The first-order valence-electron chi connectivity index (χ1n) is 10.8. The minimum absolute atomic E-state index is 0.453. The van der Waals surface area contributed by atoms with Crippen LogP contribution in [0.25, 0.3) is 22.4 Å². The molecule has 0 amide bonds. The zero-order valence-electron chi connectivity index (χ0n) is 17.0. The molecule has 2 aliphatic carbocycles. The van der Waals surface area contributed by atoms with Gasteiger partial charge in [0.25, 0.3) is 5.89 Å². The third kappa shape index (κ3) is 3.96. The van der Waals surface area contributed by atoms with Crippen molar-refractivity contribution in [2.75, 3.05) is 25.5 Å². The van der Waals surface area contributed by atoms with Crippen LogP contribution in [-0.4, -0.2) is 51.4 Å². The summed E-state index contributed by atoms with van der Waals surface area (Å²) in [5.41, 5.74) is 0.657. The molecule has 2 fully saturated rings. The molecule has 7 nitrogen and oxygen atoms in total. The zero-order valence-corrected chi connectivity index (χ0v) is 17.0. The van der Waals surface area contributed by atoms with Crippen molar-refractivity contribution >= 4 is 16.6 Å². The van der Waals surface area contributed by atoms with Gasteiger partial charge >= 0.3 is 0 Å². The van der Waals surface area contributed by atoms with E-state index in [1.165, 1.54) is 32.1 Å². The Kier molecular flexibility index (Phi) is 5.14. The van der Waals surface area contributed by atoms with Gasteiger partial charge in [-0.25, -0.2) is 0 Å². The highest BCUT2D eigenvalue weighted by Gasteiger charge is 2.29. The van der Waals surface area contributed by atoms with Gasteiger partial charge < -0.3 is 14.7 Å². The molecule has 1 aromatic carbocycles. The first kappa shape index (κ1) is 18.5. The highest BCUT2D eigenvalue weighted by Crippen LogP contribution is 2.39. The number of rotatable bonds is 7. The third-order valence-corrected chi connectivity index (χ3v) is 6.23. The van der Waals surface area contributed by atoms with Gasteiger partial charge in [0.15, 0.2) is 17.3 Å². The molecule has 2 heterocycles. The number of hydrogen-bond acceptors (Lipinski definition) is 7. The molecular formula is C22H28N6O. The number of nitrogens with zero attached hydrogens (tertiary/aromatic N) is 5. The summed E-state index contributed by atoms with van der Waals surface area (Å²) in [7, 11) is 2.23. The van der Waals surface area contributed by atoms with Crippen molar-refractivity contribution in [3.63, 3.8) is 0 Å². The first-order valence-corrected chi connectivity index (χ1v) is 10.8. The van der Waals surface area contributed by atoms with Gasteiger partial charge in [-0.1, -0.05) is 48.7 Å². The van der Waals surface area contributed by atoms with Crippen LogP contribution in [0.5, 0.6) is 0 Å². The molecule has 3 aromatic rings. The molecule has 0 aliphatic heterocycles. The van der Waals surface area contributed by atoms with Crippen LogP contribution >= 0.6 is 0 Å². The number of fused-ring (bicyclic) bond motifs is 1. The van der Waals surface area contributed by atoms with E-state index in [2.05, 4.69) is 43.7 Å². The van der Waals surface area contributed by atoms with Crippen LogP contribution < -0.4 is 5.32 Å². The predicted octanol–water partition coefficient (Wildman–Crippen LogP) is 4.23. The van der Waals surface area contributed by atoms with Gasteiger partial charge in [0.2, 0.25) is 0 Å². The minimum atomic E-state index is 0.453. The molecule has 5 rings (SSSR count). The van der Waals surface area contributed by atoms with Gasteiger partial charge in [0.05, 0.1) is 0 Å². The molecule has 152 valence electrons. The van der Waals surface area contributed by atoms with Crippen LogP contribution in [0.4, 0.5) is 5.82 Å². The number of hydrogen-bond donors (Lipinski definition) is 1. The van der Waals surface area contributed by atoms with E-state index in [9.17, 15) is 0 Å². The summed E-state index contributed by atoms with van der Waals surface area (Å²) >= 11 is 0. The highest BCUT2D eigenvalue weighted by atomic mass is 16.5. The Morgan fingerprint density at radius 1 is 1.03 bits per heavy atom. The van der Waals surface area contributed by atoms with Gasteiger partial charge in [0.1, 0.15) is 0 Å². The van der Waals surface area contributed by atoms with Crippen molar-refractivity contribution in [2.45, 2.75) is 56.9 Å². The molecular weight excluding hydrogens is 364 g/mol.